The number of hydrogen-bond donors (Lipinski definition) is 1. The lowest BCUT2D eigenvalue weighted by atomic mass is 9.89. The van der Waals surface area contributed by atoms with Crippen molar-refractivity contribution in [1.82, 2.24) is 19.9 Å². The minimum Gasteiger partial charge on any atom is -0.380 e. The minimum absolute atomic E-state index is 0.606. The van der Waals surface area contributed by atoms with Crippen LogP contribution in [0.25, 0.3) is 0 Å². The smallest absolute Gasteiger partial charge is 0.150 e. The molecular formula is C18H23N5O. The van der Waals surface area contributed by atoms with Crippen LogP contribution >= 0.6 is 0 Å². The predicted molar refractivity (Wildman–Crippen MR) is 92.3 cm³/mol. The summed E-state index contributed by atoms with van der Waals surface area (Å²) in [5.41, 5.74) is 1.36. The molecule has 4 rings (SSSR count). The maximum atomic E-state index is 5.52. The molecule has 2 fully saturated rings. The fraction of sp³-hybridized carbons (Fsp3) is 0.500. The summed E-state index contributed by atoms with van der Waals surface area (Å²) in [6.45, 7) is 4.15. The molecule has 2 aliphatic heterocycles. The Morgan fingerprint density at radius 3 is 2.67 bits per heavy atom. The minimum atomic E-state index is 0.606. The monoisotopic (exact) mass is 325 g/mol. The number of aromatic nitrogens is 3. The first-order valence-electron chi connectivity index (χ1n) is 8.69. The number of nitrogens with one attached hydrogen (secondary N) is 1. The molecule has 0 amide bonds. The van der Waals surface area contributed by atoms with Gasteiger partial charge in [-0.15, -0.1) is 0 Å². The van der Waals surface area contributed by atoms with Gasteiger partial charge in [0.1, 0.15) is 11.6 Å². The summed E-state index contributed by atoms with van der Waals surface area (Å²) in [5, 5.41) is 3.23. The van der Waals surface area contributed by atoms with Crippen molar-refractivity contribution in [1.29, 1.82) is 0 Å². The third-order valence-corrected chi connectivity index (χ3v) is 5.03. The van der Waals surface area contributed by atoms with Crippen LogP contribution in [0.15, 0.2) is 36.9 Å². The van der Waals surface area contributed by atoms with E-state index in [0.717, 1.165) is 37.9 Å². The number of likely N-dealkylation sites (tertiary alicyclic amines) is 1. The van der Waals surface area contributed by atoms with Gasteiger partial charge < -0.3 is 10.1 Å². The predicted octanol–water partition coefficient (Wildman–Crippen LogP) is 2.58. The van der Waals surface area contributed by atoms with E-state index in [9.17, 15) is 0 Å². The van der Waals surface area contributed by atoms with Gasteiger partial charge in [-0.25, -0.2) is 9.97 Å². The van der Waals surface area contributed by atoms with Gasteiger partial charge in [0.2, 0.25) is 0 Å². The zero-order chi connectivity index (χ0) is 16.2. The Morgan fingerprint density at radius 2 is 1.92 bits per heavy atom. The van der Waals surface area contributed by atoms with E-state index in [1.807, 2.05) is 6.20 Å². The van der Waals surface area contributed by atoms with Crippen LogP contribution in [0.3, 0.4) is 0 Å². The molecule has 0 bridgehead atoms. The fourth-order valence-electron chi connectivity index (χ4n) is 3.67. The lowest BCUT2D eigenvalue weighted by Crippen LogP contribution is -2.41. The van der Waals surface area contributed by atoms with Gasteiger partial charge in [-0.2, -0.15) is 0 Å². The van der Waals surface area contributed by atoms with Crippen LogP contribution in [0, 0.1) is 0 Å². The first-order chi connectivity index (χ1) is 11.9. The number of anilines is 2. The van der Waals surface area contributed by atoms with Crippen LogP contribution in [0.4, 0.5) is 11.6 Å². The van der Waals surface area contributed by atoms with Crippen molar-refractivity contribution in [2.24, 2.45) is 0 Å². The number of ether oxygens (including phenoxy) is 1. The van der Waals surface area contributed by atoms with Gasteiger partial charge >= 0.3 is 0 Å². The highest BCUT2D eigenvalue weighted by molar-refractivity contribution is 5.51. The second kappa shape index (κ2) is 7.23. The molecule has 2 aliphatic rings. The summed E-state index contributed by atoms with van der Waals surface area (Å²) in [5.74, 6) is 2.16. The summed E-state index contributed by atoms with van der Waals surface area (Å²) >= 11 is 0. The molecule has 4 heterocycles. The second-order valence-electron chi connectivity index (χ2n) is 6.52. The average Bonchev–Trinajstić information content (AvgIpc) is 3.18. The Hall–Kier alpha value is -2.05. The number of hydrogen-bond acceptors (Lipinski definition) is 6. The quantitative estimate of drug-likeness (QED) is 0.932. The summed E-state index contributed by atoms with van der Waals surface area (Å²) in [6.07, 6.45) is 10.5. The molecule has 2 aromatic rings. The molecule has 6 nitrogen and oxygen atoms in total. The molecule has 0 aliphatic carbocycles. The standard InChI is InChI=1S/C18H23N5O/c1-5-20-17(22-18-12-19-6-7-21-18)11-15(1)14-2-8-23(9-3-14)16-4-10-24-13-16/h1,5-7,11-12,14,16H,2-4,8-10,13H2,(H,20,21,22)/t16-/m0/s1. The highest BCUT2D eigenvalue weighted by Gasteiger charge is 2.28. The molecule has 0 aromatic carbocycles. The molecular weight excluding hydrogens is 302 g/mol. The summed E-state index contributed by atoms with van der Waals surface area (Å²) in [7, 11) is 0. The van der Waals surface area contributed by atoms with Crippen molar-refractivity contribution >= 4 is 11.6 Å². The zero-order valence-corrected chi connectivity index (χ0v) is 13.8. The van der Waals surface area contributed by atoms with E-state index in [1.54, 1.807) is 18.6 Å². The van der Waals surface area contributed by atoms with E-state index in [2.05, 4.69) is 37.3 Å². The number of nitrogens with zero attached hydrogens (tertiary/aromatic N) is 4. The van der Waals surface area contributed by atoms with E-state index < -0.39 is 0 Å². The molecule has 0 radical (unpaired) electrons. The van der Waals surface area contributed by atoms with Crippen molar-refractivity contribution < 1.29 is 4.74 Å². The number of pyridine rings is 1. The van der Waals surface area contributed by atoms with Gasteiger partial charge in [-0.05, 0) is 56.0 Å². The summed E-state index contributed by atoms with van der Waals surface area (Å²) in [6, 6.07) is 4.92. The highest BCUT2D eigenvalue weighted by Crippen LogP contribution is 2.31. The second-order valence-corrected chi connectivity index (χ2v) is 6.52. The van der Waals surface area contributed by atoms with Gasteiger partial charge in [-0.1, -0.05) is 0 Å². The Labute approximate surface area is 142 Å². The van der Waals surface area contributed by atoms with Gasteiger partial charge in [-0.3, -0.25) is 9.88 Å². The van der Waals surface area contributed by atoms with Crippen molar-refractivity contribution in [3.8, 4) is 0 Å². The Kier molecular flexibility index (Phi) is 4.66. The van der Waals surface area contributed by atoms with Gasteiger partial charge in [0.05, 0.1) is 12.8 Å². The first kappa shape index (κ1) is 15.5. The van der Waals surface area contributed by atoms with Gasteiger partial charge in [0, 0.05) is 31.2 Å². The summed E-state index contributed by atoms with van der Waals surface area (Å²) in [4.78, 5) is 15.3. The first-order valence-corrected chi connectivity index (χ1v) is 8.69. The van der Waals surface area contributed by atoms with E-state index in [-0.39, 0.29) is 0 Å². The van der Waals surface area contributed by atoms with Crippen LogP contribution in [0.1, 0.15) is 30.7 Å². The maximum absolute atomic E-state index is 5.52. The van der Waals surface area contributed by atoms with Gasteiger partial charge in [0.15, 0.2) is 0 Å². The molecule has 1 N–H and O–H groups in total. The molecule has 24 heavy (non-hydrogen) atoms. The van der Waals surface area contributed by atoms with Crippen LogP contribution in [-0.4, -0.2) is 52.2 Å². The molecule has 126 valence electrons. The van der Waals surface area contributed by atoms with E-state index in [4.69, 9.17) is 4.74 Å². The Bertz CT molecular complexity index is 651. The molecule has 0 spiro atoms. The normalized spacial score (nSPS) is 22.6. The van der Waals surface area contributed by atoms with Crippen molar-refractivity contribution in [2.75, 3.05) is 31.6 Å². The van der Waals surface area contributed by atoms with Crippen LogP contribution in [0.2, 0.25) is 0 Å². The molecule has 0 unspecified atom stereocenters. The molecule has 6 heteroatoms. The Morgan fingerprint density at radius 1 is 1.04 bits per heavy atom. The van der Waals surface area contributed by atoms with Crippen LogP contribution in [-0.2, 0) is 4.74 Å². The van der Waals surface area contributed by atoms with E-state index >= 15 is 0 Å². The highest BCUT2D eigenvalue weighted by atomic mass is 16.5. The Balaban J connectivity index is 1.39. The fourth-order valence-corrected chi connectivity index (χ4v) is 3.67. The van der Waals surface area contributed by atoms with Crippen LogP contribution in [0.5, 0.6) is 0 Å². The lowest BCUT2D eigenvalue weighted by Gasteiger charge is -2.35. The molecule has 2 aromatic heterocycles. The lowest BCUT2D eigenvalue weighted by molar-refractivity contribution is 0.122. The third-order valence-electron chi connectivity index (χ3n) is 5.03. The maximum Gasteiger partial charge on any atom is 0.150 e. The number of piperidine rings is 1. The van der Waals surface area contributed by atoms with Crippen LogP contribution < -0.4 is 5.32 Å². The average molecular weight is 325 g/mol. The largest absolute Gasteiger partial charge is 0.380 e. The number of rotatable bonds is 4. The van der Waals surface area contributed by atoms with Gasteiger partial charge in [0.25, 0.3) is 0 Å². The molecule has 2 saturated heterocycles. The van der Waals surface area contributed by atoms with Crippen molar-refractivity contribution in [3.05, 3.63) is 42.5 Å². The zero-order valence-electron chi connectivity index (χ0n) is 13.8. The van der Waals surface area contributed by atoms with Crippen molar-refractivity contribution in [3.63, 3.8) is 0 Å². The summed E-state index contributed by atoms with van der Waals surface area (Å²) < 4.78 is 5.52. The van der Waals surface area contributed by atoms with E-state index in [1.165, 1.54) is 24.8 Å². The SMILES string of the molecule is c1cnc(Nc2cc(C3CCN([C@H]4CCOC4)CC3)ccn2)cn1. The van der Waals surface area contributed by atoms with Crippen molar-refractivity contribution in [2.45, 2.75) is 31.2 Å². The molecule has 0 saturated carbocycles. The molecule has 1 atom stereocenters. The third kappa shape index (κ3) is 3.55. The van der Waals surface area contributed by atoms with E-state index in [0.29, 0.717) is 12.0 Å². The topological polar surface area (TPSA) is 63.2 Å².